The highest BCUT2D eigenvalue weighted by molar-refractivity contribution is 5.94. The van der Waals surface area contributed by atoms with Crippen molar-refractivity contribution in [3.05, 3.63) is 29.5 Å². The van der Waals surface area contributed by atoms with Crippen LogP contribution in [-0.4, -0.2) is 39.8 Å². The number of benzene rings is 1. The smallest absolute Gasteiger partial charge is 0.119 e. The van der Waals surface area contributed by atoms with E-state index in [-0.39, 0.29) is 0 Å². The van der Waals surface area contributed by atoms with Gasteiger partial charge in [-0.25, -0.2) is 0 Å². The molecule has 0 aliphatic heterocycles. The van der Waals surface area contributed by atoms with Crippen molar-refractivity contribution in [2.24, 2.45) is 0 Å². The summed E-state index contributed by atoms with van der Waals surface area (Å²) < 4.78 is 5.37. The summed E-state index contributed by atoms with van der Waals surface area (Å²) in [5.41, 5.74) is 4.73. The van der Waals surface area contributed by atoms with Gasteiger partial charge in [-0.2, -0.15) is 0 Å². The van der Waals surface area contributed by atoms with Crippen molar-refractivity contribution < 1.29 is 4.74 Å². The SMILES string of the molecule is CNCCCc1c(C)nc2ccc(OC)cc2c1N(C)C. The summed E-state index contributed by atoms with van der Waals surface area (Å²) >= 11 is 0. The molecule has 1 N–H and O–H groups in total. The molecular weight excluding hydrogens is 262 g/mol. The largest absolute Gasteiger partial charge is 0.497 e. The lowest BCUT2D eigenvalue weighted by Crippen LogP contribution is -2.15. The fourth-order valence-electron chi connectivity index (χ4n) is 2.76. The van der Waals surface area contributed by atoms with E-state index in [1.54, 1.807) is 7.11 Å². The maximum absolute atomic E-state index is 5.37. The average Bonchev–Trinajstić information content (AvgIpc) is 2.47. The first-order valence-electron chi connectivity index (χ1n) is 7.37. The number of hydrogen-bond donors (Lipinski definition) is 1. The highest BCUT2D eigenvalue weighted by Crippen LogP contribution is 2.33. The Labute approximate surface area is 127 Å². The lowest BCUT2D eigenvalue weighted by Gasteiger charge is -2.22. The van der Waals surface area contributed by atoms with Crippen LogP contribution in [0, 0.1) is 6.92 Å². The molecule has 0 unspecified atom stereocenters. The van der Waals surface area contributed by atoms with E-state index in [1.807, 2.05) is 19.2 Å². The topological polar surface area (TPSA) is 37.4 Å². The molecule has 0 saturated carbocycles. The van der Waals surface area contributed by atoms with Crippen LogP contribution in [0.2, 0.25) is 0 Å². The summed E-state index contributed by atoms with van der Waals surface area (Å²) in [6.07, 6.45) is 2.13. The van der Waals surface area contributed by atoms with Gasteiger partial charge in [-0.15, -0.1) is 0 Å². The number of hydrogen-bond acceptors (Lipinski definition) is 4. The maximum Gasteiger partial charge on any atom is 0.119 e. The second kappa shape index (κ2) is 6.76. The predicted octanol–water partition coefficient (Wildman–Crippen LogP) is 2.77. The zero-order valence-corrected chi connectivity index (χ0v) is 13.7. The Kier molecular flexibility index (Phi) is 5.02. The normalized spacial score (nSPS) is 10.9. The summed E-state index contributed by atoms with van der Waals surface area (Å²) in [5.74, 6) is 0.873. The number of ether oxygens (including phenoxy) is 1. The van der Waals surface area contributed by atoms with Gasteiger partial charge >= 0.3 is 0 Å². The summed E-state index contributed by atoms with van der Waals surface area (Å²) in [5, 5.41) is 4.36. The van der Waals surface area contributed by atoms with E-state index >= 15 is 0 Å². The third-order valence-electron chi connectivity index (χ3n) is 3.77. The molecule has 4 nitrogen and oxygen atoms in total. The van der Waals surface area contributed by atoms with Crippen LogP contribution in [0.5, 0.6) is 5.75 Å². The van der Waals surface area contributed by atoms with Crippen LogP contribution in [0.1, 0.15) is 17.7 Å². The van der Waals surface area contributed by atoms with Gasteiger partial charge in [-0.1, -0.05) is 0 Å². The van der Waals surface area contributed by atoms with Crippen molar-refractivity contribution in [3.63, 3.8) is 0 Å². The second-order valence-corrected chi connectivity index (χ2v) is 5.51. The molecule has 1 aromatic carbocycles. The first-order chi connectivity index (χ1) is 10.1. The van der Waals surface area contributed by atoms with Gasteiger partial charge in [0.1, 0.15) is 5.75 Å². The average molecular weight is 287 g/mol. The lowest BCUT2D eigenvalue weighted by molar-refractivity contribution is 0.415. The first-order valence-corrected chi connectivity index (χ1v) is 7.37. The van der Waals surface area contributed by atoms with E-state index in [2.05, 4.69) is 37.3 Å². The summed E-state index contributed by atoms with van der Waals surface area (Å²) in [6.45, 7) is 3.12. The minimum Gasteiger partial charge on any atom is -0.497 e. The molecule has 0 bridgehead atoms. The number of aromatic nitrogens is 1. The number of anilines is 1. The van der Waals surface area contributed by atoms with Crippen LogP contribution in [0.25, 0.3) is 10.9 Å². The Balaban J connectivity index is 2.59. The first kappa shape index (κ1) is 15.6. The molecule has 0 atom stereocenters. The van der Waals surface area contributed by atoms with Crippen molar-refractivity contribution in [2.45, 2.75) is 19.8 Å². The minimum absolute atomic E-state index is 0.873. The zero-order valence-electron chi connectivity index (χ0n) is 13.7. The van der Waals surface area contributed by atoms with E-state index in [4.69, 9.17) is 9.72 Å². The summed E-state index contributed by atoms with van der Waals surface area (Å²) in [7, 11) is 7.87. The van der Waals surface area contributed by atoms with Gasteiger partial charge in [-0.05, 0) is 57.1 Å². The van der Waals surface area contributed by atoms with E-state index < -0.39 is 0 Å². The summed E-state index contributed by atoms with van der Waals surface area (Å²) in [4.78, 5) is 6.96. The van der Waals surface area contributed by atoms with Crippen molar-refractivity contribution in [1.82, 2.24) is 10.3 Å². The quantitative estimate of drug-likeness (QED) is 0.829. The summed E-state index contributed by atoms with van der Waals surface area (Å²) in [6, 6.07) is 6.08. The number of nitrogens with zero attached hydrogens (tertiary/aromatic N) is 2. The van der Waals surface area contributed by atoms with Crippen molar-refractivity contribution >= 4 is 16.6 Å². The van der Waals surface area contributed by atoms with Crippen LogP contribution in [0.4, 0.5) is 5.69 Å². The number of methoxy groups -OCH3 is 1. The molecule has 0 amide bonds. The molecular formula is C17H25N3O. The van der Waals surface area contributed by atoms with Crippen LogP contribution in [0.15, 0.2) is 18.2 Å². The standard InChI is InChI=1S/C17H25N3O/c1-12-14(7-6-10-18-2)17(20(3)4)15-11-13(21-5)8-9-16(15)19-12/h8-9,11,18H,6-7,10H2,1-5H3. The molecule has 1 heterocycles. The number of fused-ring (bicyclic) bond motifs is 1. The zero-order chi connectivity index (χ0) is 15.4. The van der Waals surface area contributed by atoms with Gasteiger partial charge in [0.2, 0.25) is 0 Å². The molecule has 0 saturated heterocycles. The van der Waals surface area contributed by atoms with Crippen LogP contribution in [0.3, 0.4) is 0 Å². The van der Waals surface area contributed by atoms with Gasteiger partial charge in [0, 0.05) is 25.2 Å². The molecule has 0 aliphatic carbocycles. The van der Waals surface area contributed by atoms with Crippen molar-refractivity contribution in [3.8, 4) is 5.75 Å². The minimum atomic E-state index is 0.873. The molecule has 21 heavy (non-hydrogen) atoms. The van der Waals surface area contributed by atoms with Crippen LogP contribution in [-0.2, 0) is 6.42 Å². The Hall–Kier alpha value is -1.81. The van der Waals surface area contributed by atoms with Gasteiger partial charge in [0.15, 0.2) is 0 Å². The van der Waals surface area contributed by atoms with Crippen LogP contribution >= 0.6 is 0 Å². The molecule has 2 aromatic rings. The molecule has 4 heteroatoms. The Bertz CT molecular complexity index is 623. The molecule has 0 aliphatic rings. The molecule has 0 radical (unpaired) electrons. The van der Waals surface area contributed by atoms with Crippen LogP contribution < -0.4 is 15.0 Å². The predicted molar refractivity (Wildman–Crippen MR) is 89.6 cm³/mol. The monoisotopic (exact) mass is 287 g/mol. The fraction of sp³-hybridized carbons (Fsp3) is 0.471. The van der Waals surface area contributed by atoms with E-state index in [9.17, 15) is 0 Å². The fourth-order valence-corrected chi connectivity index (χ4v) is 2.76. The highest BCUT2D eigenvalue weighted by Gasteiger charge is 2.14. The van der Waals surface area contributed by atoms with Gasteiger partial charge in [-0.3, -0.25) is 4.98 Å². The molecule has 1 aromatic heterocycles. The third kappa shape index (κ3) is 3.27. The molecule has 2 rings (SSSR count). The van der Waals surface area contributed by atoms with Crippen molar-refractivity contribution in [1.29, 1.82) is 0 Å². The van der Waals surface area contributed by atoms with E-state index in [1.165, 1.54) is 11.3 Å². The highest BCUT2D eigenvalue weighted by atomic mass is 16.5. The Morgan fingerprint density at radius 2 is 2.05 bits per heavy atom. The van der Waals surface area contributed by atoms with Gasteiger partial charge in [0.05, 0.1) is 18.3 Å². The number of nitrogens with one attached hydrogen (secondary N) is 1. The number of rotatable bonds is 6. The van der Waals surface area contributed by atoms with E-state index in [0.717, 1.165) is 41.7 Å². The second-order valence-electron chi connectivity index (χ2n) is 5.51. The van der Waals surface area contributed by atoms with Crippen molar-refractivity contribution in [2.75, 3.05) is 39.7 Å². The maximum atomic E-state index is 5.37. The third-order valence-corrected chi connectivity index (χ3v) is 3.77. The molecule has 0 fully saturated rings. The van der Waals surface area contributed by atoms with E-state index in [0.29, 0.717) is 0 Å². The number of aryl methyl sites for hydroxylation is 1. The lowest BCUT2D eigenvalue weighted by atomic mass is 10.0. The van der Waals surface area contributed by atoms with Gasteiger partial charge < -0.3 is 15.0 Å². The number of pyridine rings is 1. The Morgan fingerprint density at radius 3 is 2.67 bits per heavy atom. The molecule has 0 spiro atoms. The molecule has 114 valence electrons. The van der Waals surface area contributed by atoms with Gasteiger partial charge in [0.25, 0.3) is 0 Å². The Morgan fingerprint density at radius 1 is 1.29 bits per heavy atom.